The Morgan fingerprint density at radius 3 is 2.75 bits per heavy atom. The number of rotatable bonds is 11. The van der Waals surface area contributed by atoms with Crippen LogP contribution in [0.4, 0.5) is 5.69 Å². The van der Waals surface area contributed by atoms with Crippen LogP contribution in [0.15, 0.2) is 34.2 Å². The van der Waals surface area contributed by atoms with E-state index >= 15 is 0 Å². The molecule has 9 heteroatoms. The number of benzene rings is 1. The van der Waals surface area contributed by atoms with Gasteiger partial charge in [-0.05, 0) is 51.8 Å². The summed E-state index contributed by atoms with van der Waals surface area (Å²) in [4.78, 5) is 32.4. The molecule has 7 nitrogen and oxygen atoms in total. The number of anilines is 1. The van der Waals surface area contributed by atoms with Crippen LogP contribution in [0.2, 0.25) is 0 Å². The number of ether oxygens (including phenoxy) is 2. The molecule has 3 rings (SSSR count). The van der Waals surface area contributed by atoms with Crippen molar-refractivity contribution in [2.24, 2.45) is 0 Å². The second-order valence-electron chi connectivity index (χ2n) is 7.13. The van der Waals surface area contributed by atoms with Crippen molar-refractivity contribution in [3.8, 4) is 5.75 Å². The fourth-order valence-corrected chi connectivity index (χ4v) is 5.15. The van der Waals surface area contributed by atoms with E-state index in [0.717, 1.165) is 15.3 Å². The number of thiophene rings is 1. The lowest BCUT2D eigenvalue weighted by atomic mass is 10.2. The second-order valence-corrected chi connectivity index (χ2v) is 9.28. The maximum absolute atomic E-state index is 13.3. The average Bonchev–Trinajstić information content (AvgIpc) is 3.06. The van der Waals surface area contributed by atoms with Crippen LogP contribution in [-0.2, 0) is 16.1 Å². The van der Waals surface area contributed by atoms with Crippen molar-refractivity contribution in [1.82, 2.24) is 9.55 Å². The second kappa shape index (κ2) is 11.5. The molecule has 2 heterocycles. The summed E-state index contributed by atoms with van der Waals surface area (Å²) in [5, 5.41) is 4.11. The summed E-state index contributed by atoms with van der Waals surface area (Å²) in [6.07, 6.45) is 0.699. The van der Waals surface area contributed by atoms with Gasteiger partial charge in [-0.3, -0.25) is 14.2 Å². The molecule has 0 saturated carbocycles. The summed E-state index contributed by atoms with van der Waals surface area (Å²) in [6.45, 7) is 10.0. The molecule has 1 aromatic carbocycles. The summed E-state index contributed by atoms with van der Waals surface area (Å²) in [5.74, 6) is 0.578. The molecule has 0 bridgehead atoms. The number of thioether (sulfide) groups is 1. The zero-order valence-electron chi connectivity index (χ0n) is 18.9. The number of aryl methyl sites for hydroxylation is 2. The summed E-state index contributed by atoms with van der Waals surface area (Å²) >= 11 is 2.78. The van der Waals surface area contributed by atoms with Crippen molar-refractivity contribution in [1.29, 1.82) is 0 Å². The van der Waals surface area contributed by atoms with E-state index in [1.165, 1.54) is 23.1 Å². The number of carbonyl (C=O) groups excluding carboxylic acids is 1. The first-order valence-corrected chi connectivity index (χ1v) is 12.5. The van der Waals surface area contributed by atoms with Crippen LogP contribution in [0, 0.1) is 13.8 Å². The number of amides is 1. The van der Waals surface area contributed by atoms with Crippen LogP contribution in [-0.4, -0.2) is 41.0 Å². The fourth-order valence-electron chi connectivity index (χ4n) is 3.25. The molecule has 0 fully saturated rings. The van der Waals surface area contributed by atoms with E-state index in [9.17, 15) is 9.59 Å². The highest BCUT2D eigenvalue weighted by atomic mass is 32.2. The van der Waals surface area contributed by atoms with E-state index in [4.69, 9.17) is 14.5 Å². The molecule has 0 saturated heterocycles. The number of hydrogen-bond acceptors (Lipinski definition) is 7. The lowest BCUT2D eigenvalue weighted by Crippen LogP contribution is -2.25. The minimum atomic E-state index is -0.184. The van der Waals surface area contributed by atoms with E-state index in [1.807, 2.05) is 45.9 Å². The molecule has 0 aliphatic heterocycles. The van der Waals surface area contributed by atoms with Gasteiger partial charge in [0.05, 0.1) is 23.4 Å². The summed E-state index contributed by atoms with van der Waals surface area (Å²) in [5.41, 5.74) is 1.54. The van der Waals surface area contributed by atoms with Crippen LogP contribution >= 0.6 is 23.1 Å². The van der Waals surface area contributed by atoms with Crippen LogP contribution in [0.3, 0.4) is 0 Å². The molecule has 32 heavy (non-hydrogen) atoms. The number of nitrogens with one attached hydrogen (secondary N) is 1. The third-order valence-corrected chi connectivity index (χ3v) is 7.00. The van der Waals surface area contributed by atoms with Crippen LogP contribution < -0.4 is 15.6 Å². The molecule has 3 aromatic rings. The lowest BCUT2D eigenvalue weighted by Gasteiger charge is -2.13. The summed E-state index contributed by atoms with van der Waals surface area (Å²) in [6, 6.07) is 7.33. The average molecular weight is 476 g/mol. The zero-order chi connectivity index (χ0) is 23.1. The standard InChI is InChI=1S/C23H29N3O4S2/c1-5-29-13-9-12-26-22(28)20-15(3)16(4)32-21(20)25-23(26)31-14-19(27)24-17-10-7-8-11-18(17)30-6-2/h7-8,10-11H,5-6,9,12-14H2,1-4H3,(H,24,27). The molecule has 0 aliphatic carbocycles. The Morgan fingerprint density at radius 2 is 2.00 bits per heavy atom. The van der Waals surface area contributed by atoms with Crippen LogP contribution in [0.1, 0.15) is 30.7 Å². The van der Waals surface area contributed by atoms with Gasteiger partial charge in [0.1, 0.15) is 10.6 Å². The molecule has 2 aromatic heterocycles. The summed E-state index contributed by atoms with van der Waals surface area (Å²) < 4.78 is 12.7. The number of hydrogen-bond donors (Lipinski definition) is 1. The highest BCUT2D eigenvalue weighted by Gasteiger charge is 2.18. The Bertz CT molecular complexity index is 1140. The van der Waals surface area contributed by atoms with Gasteiger partial charge in [0.25, 0.3) is 5.56 Å². The SMILES string of the molecule is CCOCCCn1c(SCC(=O)Nc2ccccc2OCC)nc2sc(C)c(C)c2c1=O. The highest BCUT2D eigenvalue weighted by molar-refractivity contribution is 7.99. The first kappa shape index (κ1) is 24.3. The zero-order valence-corrected chi connectivity index (χ0v) is 20.5. The van der Waals surface area contributed by atoms with Gasteiger partial charge in [-0.2, -0.15) is 0 Å². The molecule has 172 valence electrons. The van der Waals surface area contributed by atoms with Gasteiger partial charge in [-0.1, -0.05) is 23.9 Å². The Kier molecular flexibility index (Phi) is 8.72. The molecular weight excluding hydrogens is 446 g/mol. The van der Waals surface area contributed by atoms with Crippen molar-refractivity contribution < 1.29 is 14.3 Å². The van der Waals surface area contributed by atoms with Crippen LogP contribution in [0.25, 0.3) is 10.2 Å². The molecule has 0 atom stereocenters. The van der Waals surface area contributed by atoms with Gasteiger partial charge in [0.2, 0.25) is 5.91 Å². The predicted octanol–water partition coefficient (Wildman–Crippen LogP) is 4.63. The number of aromatic nitrogens is 2. The number of fused-ring (bicyclic) bond motifs is 1. The van der Waals surface area contributed by atoms with Crippen molar-refractivity contribution in [3.05, 3.63) is 45.1 Å². The maximum atomic E-state index is 13.3. The monoisotopic (exact) mass is 475 g/mol. The predicted molar refractivity (Wildman–Crippen MR) is 131 cm³/mol. The van der Waals surface area contributed by atoms with Crippen molar-refractivity contribution >= 4 is 44.9 Å². The van der Waals surface area contributed by atoms with E-state index in [0.29, 0.717) is 54.8 Å². The van der Waals surface area contributed by atoms with Crippen LogP contribution in [0.5, 0.6) is 5.75 Å². The Balaban J connectivity index is 1.80. The van der Waals surface area contributed by atoms with Gasteiger partial charge in [-0.15, -0.1) is 11.3 Å². The number of carbonyl (C=O) groups is 1. The van der Waals surface area contributed by atoms with Gasteiger partial charge < -0.3 is 14.8 Å². The maximum Gasteiger partial charge on any atom is 0.263 e. The smallest absolute Gasteiger partial charge is 0.263 e. The molecule has 1 N–H and O–H groups in total. The van der Waals surface area contributed by atoms with Gasteiger partial charge in [0, 0.05) is 24.6 Å². The fraction of sp³-hybridized carbons (Fsp3) is 0.435. The van der Waals surface area contributed by atoms with Crippen molar-refractivity contribution in [2.75, 3.05) is 30.9 Å². The number of para-hydroxylation sites is 2. The molecule has 0 radical (unpaired) electrons. The Morgan fingerprint density at radius 1 is 1.22 bits per heavy atom. The first-order valence-electron chi connectivity index (χ1n) is 10.7. The highest BCUT2D eigenvalue weighted by Crippen LogP contribution is 2.29. The quantitative estimate of drug-likeness (QED) is 0.247. The minimum Gasteiger partial charge on any atom is -0.492 e. The van der Waals surface area contributed by atoms with E-state index < -0.39 is 0 Å². The van der Waals surface area contributed by atoms with Gasteiger partial charge >= 0.3 is 0 Å². The van der Waals surface area contributed by atoms with Crippen molar-refractivity contribution in [3.63, 3.8) is 0 Å². The molecule has 0 aliphatic rings. The first-order chi connectivity index (χ1) is 15.5. The molecular formula is C23H29N3O4S2. The third-order valence-electron chi connectivity index (χ3n) is 4.92. The van der Waals surface area contributed by atoms with Gasteiger partial charge in [0.15, 0.2) is 5.16 Å². The molecule has 1 amide bonds. The Hall–Kier alpha value is -2.36. The van der Waals surface area contributed by atoms with Gasteiger partial charge in [-0.25, -0.2) is 4.98 Å². The van der Waals surface area contributed by atoms with E-state index in [-0.39, 0.29) is 17.2 Å². The van der Waals surface area contributed by atoms with Crippen molar-refractivity contribution in [2.45, 2.75) is 45.8 Å². The molecule has 0 spiro atoms. The molecule has 0 unspecified atom stereocenters. The van der Waals surface area contributed by atoms with E-state index in [1.54, 1.807) is 10.6 Å². The third kappa shape index (κ3) is 5.70. The summed E-state index contributed by atoms with van der Waals surface area (Å²) in [7, 11) is 0. The van der Waals surface area contributed by atoms with E-state index in [2.05, 4.69) is 5.32 Å². The Labute approximate surface area is 196 Å². The minimum absolute atomic E-state index is 0.0575. The normalized spacial score (nSPS) is 11.1. The number of nitrogens with zero attached hydrogens (tertiary/aromatic N) is 2. The topological polar surface area (TPSA) is 82.4 Å². The lowest BCUT2D eigenvalue weighted by molar-refractivity contribution is -0.113. The largest absolute Gasteiger partial charge is 0.492 e.